The maximum atomic E-state index is 10.5. The maximum absolute atomic E-state index is 10.5. The van der Waals surface area contributed by atoms with Crippen molar-refractivity contribution < 1.29 is 4.20 Å². The van der Waals surface area contributed by atoms with E-state index in [1.54, 1.807) is 5.20 Å². The van der Waals surface area contributed by atoms with Gasteiger partial charge in [0.1, 0.15) is 0 Å². The van der Waals surface area contributed by atoms with Crippen LogP contribution in [-0.2, 0) is 0 Å². The topological polar surface area (TPSA) is 38.0 Å². The predicted octanol–water partition coefficient (Wildman–Crippen LogP) is -0.0723. The van der Waals surface area contributed by atoms with Crippen molar-refractivity contribution in [3.8, 4) is 0 Å². The Morgan fingerprint density at radius 1 is 2.00 bits per heavy atom. The normalized spacial score (nSPS) is 10.5. The summed E-state index contributed by atoms with van der Waals surface area (Å²) in [6.45, 7) is 0. The molecule has 0 spiro atoms. The van der Waals surface area contributed by atoms with Crippen LogP contribution in [0.2, 0.25) is 0 Å². The van der Waals surface area contributed by atoms with E-state index in [1.807, 2.05) is 0 Å². The first kappa shape index (κ1) is 4.28. The van der Waals surface area contributed by atoms with E-state index in [4.69, 9.17) is 0 Å². The number of halogens is 1. The molecule has 0 aliphatic carbocycles. The lowest BCUT2D eigenvalue weighted by Crippen LogP contribution is -2.06. The van der Waals surface area contributed by atoms with E-state index in [-0.39, 0.29) is 0 Å². The van der Waals surface area contributed by atoms with Crippen LogP contribution in [0, 0.1) is 0 Å². The van der Waals surface area contributed by atoms with E-state index in [0.29, 0.717) is 0 Å². The minimum absolute atomic E-state index is 0.832. The van der Waals surface area contributed by atoms with E-state index < -0.39 is 9.04 Å². The van der Waals surface area contributed by atoms with Crippen molar-refractivity contribution in [2.45, 2.75) is 0 Å². The molecule has 0 fully saturated rings. The molecule has 2 nitrogen and oxygen atoms in total. The summed E-state index contributed by atoms with van der Waals surface area (Å²) >= 11 is 0. The zero-order valence-electron chi connectivity index (χ0n) is 1.96. The third kappa shape index (κ3) is 2.28. The fourth-order valence-corrected chi connectivity index (χ4v) is 0. The van der Waals surface area contributed by atoms with Crippen LogP contribution in [0.4, 0.5) is 4.20 Å². The Labute approximate surface area is 25.5 Å². The van der Waals surface area contributed by atoms with Gasteiger partial charge in [0.2, 0.25) is 0 Å². The van der Waals surface area contributed by atoms with E-state index in [9.17, 15) is 4.20 Å². The van der Waals surface area contributed by atoms with E-state index in [0.717, 1.165) is 0 Å². The summed E-state index contributed by atoms with van der Waals surface area (Å²) in [4.78, 5) is 0. The molecule has 4 heteroatoms. The summed E-state index contributed by atoms with van der Waals surface area (Å²) in [6, 6.07) is 0. The summed E-state index contributed by atoms with van der Waals surface area (Å²) in [6.07, 6.45) is 0. The summed E-state index contributed by atoms with van der Waals surface area (Å²) in [7, 11) is -0.832. The van der Waals surface area contributed by atoms with Crippen LogP contribution < -0.4 is 11.0 Å². The van der Waals surface area contributed by atoms with E-state index >= 15 is 0 Å². The molecule has 0 aromatic heterocycles. The molecule has 0 amide bonds. The first-order valence-electron chi connectivity index (χ1n) is 0.728. The number of nitrogens with two attached hydrogens (primary N) is 1. The second-order valence-corrected chi connectivity index (χ2v) is 0.716. The zero-order chi connectivity index (χ0) is 3.41. The molecule has 4 heavy (non-hydrogen) atoms. The highest BCUT2D eigenvalue weighted by Crippen LogP contribution is 1.95. The van der Waals surface area contributed by atoms with Crippen molar-refractivity contribution in [1.29, 1.82) is 0 Å². The highest BCUT2D eigenvalue weighted by molar-refractivity contribution is 7.29. The van der Waals surface area contributed by atoms with Gasteiger partial charge in [-0.2, -0.15) is 0 Å². The quantitative estimate of drug-likeness (QED) is 0.264. The first-order chi connectivity index (χ1) is 1.91. The van der Waals surface area contributed by atoms with Gasteiger partial charge in [-0.25, -0.2) is 9.39 Å². The van der Waals surface area contributed by atoms with Gasteiger partial charge in [0.05, 0.1) is 0 Å². The average molecular weight is 82.0 g/mol. The molecule has 0 aromatic rings. The molecule has 0 saturated carbocycles. The maximum Gasteiger partial charge on any atom is 0.153 e. The minimum atomic E-state index is -0.832. The van der Waals surface area contributed by atoms with E-state index in [2.05, 4.69) is 5.84 Å². The molecular weight excluding hydrogens is 78.0 g/mol. The van der Waals surface area contributed by atoms with Gasteiger partial charge in [-0.3, -0.25) is 5.84 Å². The molecule has 3 N–H and O–H groups in total. The molecule has 0 aromatic carbocycles. The fraction of sp³-hybridized carbons (Fsp3) is 0. The van der Waals surface area contributed by atoms with Gasteiger partial charge >= 0.3 is 0 Å². The first-order valence-corrected chi connectivity index (χ1v) is 1.61. The second-order valence-electron chi connectivity index (χ2n) is 0.239. The minimum Gasteiger partial charge on any atom is -0.266 e. The van der Waals surface area contributed by atoms with Crippen LogP contribution in [-0.4, -0.2) is 0 Å². The molecule has 1 unspecified atom stereocenters. The van der Waals surface area contributed by atoms with Gasteiger partial charge in [0.25, 0.3) is 0 Å². The number of hydrogen-bond donors (Lipinski definition) is 2. The summed E-state index contributed by atoms with van der Waals surface area (Å²) in [5.41, 5.74) is 0. The Morgan fingerprint density at radius 2 is 2.25 bits per heavy atom. The molecule has 0 aliphatic heterocycles. The fourth-order valence-electron chi connectivity index (χ4n) is 0. The van der Waals surface area contributed by atoms with Gasteiger partial charge in [0.15, 0.2) is 9.04 Å². The largest absolute Gasteiger partial charge is 0.266 e. The van der Waals surface area contributed by atoms with Crippen molar-refractivity contribution in [2.24, 2.45) is 5.84 Å². The number of hydrogen-bond acceptors (Lipinski definition) is 2. The SMILES string of the molecule is NNPF. The van der Waals surface area contributed by atoms with Gasteiger partial charge in [-0.05, 0) is 0 Å². The lowest BCUT2D eigenvalue weighted by atomic mass is 13.0. The van der Waals surface area contributed by atoms with Gasteiger partial charge in [-0.1, -0.05) is 0 Å². The third-order valence-electron chi connectivity index (χ3n) is 0.0546. The highest BCUT2D eigenvalue weighted by Gasteiger charge is 1.55. The molecule has 0 radical (unpaired) electrons. The average Bonchev–Trinajstić information content (AvgIpc) is 1.37. The molecule has 26 valence electrons. The van der Waals surface area contributed by atoms with Crippen LogP contribution in [0.3, 0.4) is 0 Å². The third-order valence-corrected chi connectivity index (χ3v) is 0.164. The number of rotatable bonds is 1. The van der Waals surface area contributed by atoms with Gasteiger partial charge < -0.3 is 0 Å². The summed E-state index contributed by atoms with van der Waals surface area (Å²) < 4.78 is 10.5. The molecule has 0 bridgehead atoms. The van der Waals surface area contributed by atoms with Crippen molar-refractivity contribution in [3.05, 3.63) is 0 Å². The molecule has 0 rings (SSSR count). The standard InChI is InChI=1S/FH4N2P/c1-4-3-2/h3-4H,2H2. The molecule has 0 aliphatic rings. The second kappa shape index (κ2) is 3.28. The summed E-state index contributed by atoms with van der Waals surface area (Å²) in [5, 5.41) is 1.79. The molecule has 0 heterocycles. The van der Waals surface area contributed by atoms with Crippen LogP contribution in [0.1, 0.15) is 0 Å². The molecule has 1 atom stereocenters. The summed E-state index contributed by atoms with van der Waals surface area (Å²) in [5.74, 6) is 4.42. The van der Waals surface area contributed by atoms with Crippen LogP contribution >= 0.6 is 9.04 Å². The number of hydrazine groups is 1. The van der Waals surface area contributed by atoms with Crippen molar-refractivity contribution in [2.75, 3.05) is 0 Å². The Bertz CT molecular complexity index is 8.00. The van der Waals surface area contributed by atoms with Crippen LogP contribution in [0.5, 0.6) is 0 Å². The lowest BCUT2D eigenvalue weighted by molar-refractivity contribution is 0.876. The lowest BCUT2D eigenvalue weighted by Gasteiger charge is -1.72. The van der Waals surface area contributed by atoms with Crippen molar-refractivity contribution in [1.82, 2.24) is 5.20 Å². The Morgan fingerprint density at radius 3 is 2.25 bits per heavy atom. The van der Waals surface area contributed by atoms with Crippen LogP contribution in [0.15, 0.2) is 0 Å². The Kier molecular flexibility index (Phi) is 3.51. The monoisotopic (exact) mass is 82.0 g/mol. The highest BCUT2D eigenvalue weighted by atomic mass is 31.1. The van der Waals surface area contributed by atoms with E-state index in [1.165, 1.54) is 0 Å². The predicted molar refractivity (Wildman–Crippen MR) is 16.7 cm³/mol. The van der Waals surface area contributed by atoms with Gasteiger partial charge in [0, 0.05) is 0 Å². The van der Waals surface area contributed by atoms with Crippen LogP contribution in [0.25, 0.3) is 0 Å². The smallest absolute Gasteiger partial charge is 0.153 e. The molecule has 0 saturated heterocycles. The zero-order valence-corrected chi connectivity index (χ0v) is 2.96. The van der Waals surface area contributed by atoms with Crippen molar-refractivity contribution >= 4 is 9.04 Å². The van der Waals surface area contributed by atoms with Crippen molar-refractivity contribution in [3.63, 3.8) is 0 Å². The molecular formula is H4FN2P. The Balaban J connectivity index is 1.97. The van der Waals surface area contributed by atoms with Gasteiger partial charge in [-0.15, -0.1) is 0 Å². The number of nitrogens with one attached hydrogen (secondary N) is 1. The Hall–Kier alpha value is 0.280.